The molecule has 1 aliphatic carbocycles. The Morgan fingerprint density at radius 2 is 2.06 bits per heavy atom. The van der Waals surface area contributed by atoms with Gasteiger partial charge in [0.05, 0.1) is 0 Å². The Morgan fingerprint density at radius 1 is 1.26 bits per heavy atom. The van der Waals surface area contributed by atoms with Gasteiger partial charge in [-0.3, -0.25) is 14.7 Å². The molecule has 31 heavy (non-hydrogen) atoms. The summed E-state index contributed by atoms with van der Waals surface area (Å²) in [5.74, 6) is 1.50. The first kappa shape index (κ1) is 24.8. The molecule has 3 heterocycles. The number of halogens is 1. The molecule has 2 aliphatic heterocycles. The standard InChI is InChI=1S/C23H37N5OS.HI/c1-17(27-12-9-21-19(15-27)10-13-30-21)14-25-23(24-2)26-20-8-11-28(16-20)22(29)18-6-4-3-5-7-18;/h10,13,17-18,20H,3-9,11-12,14-16H2,1-2H3,(H2,24,25,26);1H. The van der Waals surface area contributed by atoms with E-state index in [1.165, 1.54) is 24.8 Å². The monoisotopic (exact) mass is 559 g/mol. The van der Waals surface area contributed by atoms with Crippen molar-refractivity contribution in [1.29, 1.82) is 0 Å². The minimum absolute atomic E-state index is 0. The van der Waals surface area contributed by atoms with Gasteiger partial charge in [-0.25, -0.2) is 0 Å². The highest BCUT2D eigenvalue weighted by molar-refractivity contribution is 14.0. The van der Waals surface area contributed by atoms with Crippen molar-refractivity contribution in [2.75, 3.05) is 33.2 Å². The lowest BCUT2D eigenvalue weighted by atomic mass is 9.88. The lowest BCUT2D eigenvalue weighted by Gasteiger charge is -2.33. The maximum atomic E-state index is 12.8. The van der Waals surface area contributed by atoms with Crippen LogP contribution in [0.25, 0.3) is 0 Å². The zero-order valence-corrected chi connectivity index (χ0v) is 22.1. The number of amides is 1. The smallest absolute Gasteiger partial charge is 0.225 e. The molecule has 1 aromatic rings. The molecule has 0 aromatic carbocycles. The summed E-state index contributed by atoms with van der Waals surface area (Å²) in [4.78, 5) is 23.4. The van der Waals surface area contributed by atoms with Crippen LogP contribution in [0.5, 0.6) is 0 Å². The quantitative estimate of drug-likeness (QED) is 0.330. The van der Waals surface area contributed by atoms with Gasteiger partial charge in [0.25, 0.3) is 0 Å². The van der Waals surface area contributed by atoms with E-state index in [1.54, 1.807) is 4.88 Å². The average molecular weight is 560 g/mol. The number of fused-ring (bicyclic) bond motifs is 1. The lowest BCUT2D eigenvalue weighted by molar-refractivity contribution is -0.135. The van der Waals surface area contributed by atoms with Gasteiger partial charge < -0.3 is 15.5 Å². The van der Waals surface area contributed by atoms with Crippen LogP contribution in [0.1, 0.15) is 55.9 Å². The van der Waals surface area contributed by atoms with Crippen LogP contribution in [-0.2, 0) is 17.8 Å². The van der Waals surface area contributed by atoms with Crippen molar-refractivity contribution in [2.24, 2.45) is 10.9 Å². The number of carbonyl (C=O) groups is 1. The molecule has 0 bridgehead atoms. The Hall–Kier alpha value is -0.870. The Balaban J connectivity index is 0.00000272. The molecule has 1 saturated heterocycles. The summed E-state index contributed by atoms with van der Waals surface area (Å²) in [6.07, 6.45) is 8.05. The van der Waals surface area contributed by atoms with Crippen LogP contribution < -0.4 is 10.6 Å². The highest BCUT2D eigenvalue weighted by Crippen LogP contribution is 2.27. The largest absolute Gasteiger partial charge is 0.355 e. The first-order valence-corrected chi connectivity index (χ1v) is 12.6. The molecule has 2 unspecified atom stereocenters. The summed E-state index contributed by atoms with van der Waals surface area (Å²) in [7, 11) is 1.83. The number of nitrogens with zero attached hydrogens (tertiary/aromatic N) is 3. The summed E-state index contributed by atoms with van der Waals surface area (Å²) in [5, 5.41) is 9.28. The predicted molar refractivity (Wildman–Crippen MR) is 139 cm³/mol. The van der Waals surface area contributed by atoms with Crippen LogP contribution in [0.2, 0.25) is 0 Å². The third-order valence-electron chi connectivity index (χ3n) is 7.04. The second-order valence-corrected chi connectivity index (χ2v) is 10.1. The summed E-state index contributed by atoms with van der Waals surface area (Å²) in [5.41, 5.74) is 1.49. The van der Waals surface area contributed by atoms with E-state index in [-0.39, 0.29) is 29.9 Å². The number of aliphatic imine (C=N–C) groups is 1. The van der Waals surface area contributed by atoms with E-state index in [0.29, 0.717) is 18.0 Å². The van der Waals surface area contributed by atoms with Crippen LogP contribution >= 0.6 is 35.3 Å². The Labute approximate surface area is 208 Å². The van der Waals surface area contributed by atoms with Crippen molar-refractivity contribution in [2.45, 2.75) is 70.5 Å². The van der Waals surface area contributed by atoms with Crippen molar-refractivity contribution >= 4 is 47.2 Å². The number of guanidine groups is 1. The first-order chi connectivity index (χ1) is 14.6. The van der Waals surface area contributed by atoms with Gasteiger partial charge >= 0.3 is 0 Å². The molecule has 0 spiro atoms. The fraction of sp³-hybridized carbons (Fsp3) is 0.739. The van der Waals surface area contributed by atoms with Crippen LogP contribution in [0.15, 0.2) is 16.4 Å². The summed E-state index contributed by atoms with van der Waals surface area (Å²) < 4.78 is 0. The van der Waals surface area contributed by atoms with Gasteiger partial charge in [-0.15, -0.1) is 35.3 Å². The Morgan fingerprint density at radius 3 is 2.84 bits per heavy atom. The molecular weight excluding hydrogens is 521 g/mol. The van der Waals surface area contributed by atoms with E-state index in [4.69, 9.17) is 0 Å². The van der Waals surface area contributed by atoms with Gasteiger partial charge in [0, 0.05) is 62.7 Å². The number of hydrogen-bond acceptors (Lipinski definition) is 4. The van der Waals surface area contributed by atoms with Crippen molar-refractivity contribution in [3.05, 3.63) is 21.9 Å². The second kappa shape index (κ2) is 11.8. The summed E-state index contributed by atoms with van der Waals surface area (Å²) >= 11 is 1.89. The topological polar surface area (TPSA) is 60.0 Å². The third kappa shape index (κ3) is 6.35. The molecule has 1 saturated carbocycles. The van der Waals surface area contributed by atoms with Crippen molar-refractivity contribution < 1.29 is 4.79 Å². The number of carbonyl (C=O) groups excluding carboxylic acids is 1. The molecule has 4 rings (SSSR count). The number of nitrogens with one attached hydrogen (secondary N) is 2. The average Bonchev–Trinajstić information content (AvgIpc) is 3.45. The fourth-order valence-corrected chi connectivity index (χ4v) is 5.98. The molecule has 3 aliphatic rings. The zero-order chi connectivity index (χ0) is 20.9. The van der Waals surface area contributed by atoms with Gasteiger partial charge in [0.2, 0.25) is 5.91 Å². The van der Waals surface area contributed by atoms with Crippen molar-refractivity contribution in [3.8, 4) is 0 Å². The van der Waals surface area contributed by atoms with Crippen LogP contribution in [0.3, 0.4) is 0 Å². The molecule has 6 nitrogen and oxygen atoms in total. The van der Waals surface area contributed by atoms with Gasteiger partial charge in [-0.2, -0.15) is 0 Å². The van der Waals surface area contributed by atoms with Gasteiger partial charge in [-0.1, -0.05) is 19.3 Å². The molecule has 2 N–H and O–H groups in total. The molecule has 2 atom stereocenters. The summed E-state index contributed by atoms with van der Waals surface area (Å²) in [6.45, 7) is 7.02. The number of hydrogen-bond donors (Lipinski definition) is 2. The number of likely N-dealkylation sites (tertiary alicyclic amines) is 1. The SMILES string of the molecule is CN=C(NCC(C)N1CCc2sccc2C1)NC1CCN(C(=O)C2CCCCC2)C1.I. The van der Waals surface area contributed by atoms with E-state index in [1.807, 2.05) is 18.4 Å². The lowest BCUT2D eigenvalue weighted by Crippen LogP contribution is -2.50. The fourth-order valence-electron chi connectivity index (χ4n) is 5.09. The van der Waals surface area contributed by atoms with E-state index in [0.717, 1.165) is 64.4 Å². The second-order valence-electron chi connectivity index (χ2n) is 9.14. The zero-order valence-electron chi connectivity index (χ0n) is 18.9. The van der Waals surface area contributed by atoms with E-state index >= 15 is 0 Å². The predicted octanol–water partition coefficient (Wildman–Crippen LogP) is 3.46. The first-order valence-electron chi connectivity index (χ1n) is 11.7. The van der Waals surface area contributed by atoms with Crippen LogP contribution in [0.4, 0.5) is 0 Å². The molecule has 1 aromatic heterocycles. The minimum Gasteiger partial charge on any atom is -0.355 e. The van der Waals surface area contributed by atoms with E-state index in [2.05, 4.69) is 43.8 Å². The maximum Gasteiger partial charge on any atom is 0.225 e. The molecule has 2 fully saturated rings. The summed E-state index contributed by atoms with van der Waals surface area (Å²) in [6, 6.07) is 3.01. The number of thiophene rings is 1. The van der Waals surface area contributed by atoms with E-state index < -0.39 is 0 Å². The van der Waals surface area contributed by atoms with Crippen molar-refractivity contribution in [3.63, 3.8) is 0 Å². The van der Waals surface area contributed by atoms with Gasteiger partial charge in [0.1, 0.15) is 0 Å². The minimum atomic E-state index is 0. The molecule has 8 heteroatoms. The molecule has 1 amide bonds. The highest BCUT2D eigenvalue weighted by Gasteiger charge is 2.32. The maximum absolute atomic E-state index is 12.8. The van der Waals surface area contributed by atoms with Gasteiger partial charge in [-0.05, 0) is 49.6 Å². The number of rotatable bonds is 5. The Bertz CT molecular complexity index is 748. The van der Waals surface area contributed by atoms with Crippen molar-refractivity contribution in [1.82, 2.24) is 20.4 Å². The normalized spacial score (nSPS) is 23.7. The third-order valence-corrected chi connectivity index (χ3v) is 8.07. The van der Waals surface area contributed by atoms with E-state index in [9.17, 15) is 4.79 Å². The molecule has 174 valence electrons. The van der Waals surface area contributed by atoms with Crippen LogP contribution in [-0.4, -0.2) is 67.0 Å². The molecular formula is C23H38IN5OS. The highest BCUT2D eigenvalue weighted by atomic mass is 127. The van der Waals surface area contributed by atoms with Crippen LogP contribution in [0, 0.1) is 5.92 Å². The Kier molecular flexibility index (Phi) is 9.46. The molecule has 0 radical (unpaired) electrons. The van der Waals surface area contributed by atoms with Gasteiger partial charge in [0.15, 0.2) is 5.96 Å².